The van der Waals surface area contributed by atoms with Crippen LogP contribution in [0.15, 0.2) is 22.0 Å². The molecule has 4 rings (SSSR count). The summed E-state index contributed by atoms with van der Waals surface area (Å²) in [7, 11) is 0. The van der Waals surface area contributed by atoms with Gasteiger partial charge in [0.05, 0.1) is 18.6 Å². The molecule has 2 aromatic rings. The lowest BCUT2D eigenvalue weighted by Gasteiger charge is -2.22. The topological polar surface area (TPSA) is 51.4 Å². The van der Waals surface area contributed by atoms with Crippen molar-refractivity contribution in [1.82, 2.24) is 15.0 Å². The molecule has 0 amide bonds. The van der Waals surface area contributed by atoms with Gasteiger partial charge in [-0.15, -0.1) is 11.3 Å². The average molecular weight is 291 g/mol. The molecule has 0 saturated carbocycles. The fourth-order valence-corrected chi connectivity index (χ4v) is 4.13. The first-order valence-corrected chi connectivity index (χ1v) is 7.77. The molecule has 6 heteroatoms. The van der Waals surface area contributed by atoms with Gasteiger partial charge < -0.3 is 9.26 Å². The van der Waals surface area contributed by atoms with Gasteiger partial charge in [-0.3, -0.25) is 4.90 Å². The molecule has 2 aliphatic rings. The Bertz CT molecular complexity index is 597. The van der Waals surface area contributed by atoms with E-state index in [1.54, 1.807) is 0 Å². The predicted molar refractivity (Wildman–Crippen MR) is 74.6 cm³/mol. The van der Waals surface area contributed by atoms with Crippen LogP contribution in [-0.2, 0) is 16.7 Å². The Hall–Kier alpha value is -1.24. The fourth-order valence-electron chi connectivity index (χ4n) is 3.38. The smallest absolute Gasteiger partial charge is 0.236 e. The molecule has 0 N–H and O–H groups in total. The van der Waals surface area contributed by atoms with Crippen LogP contribution in [0, 0.1) is 12.8 Å². The van der Waals surface area contributed by atoms with Gasteiger partial charge in [0.25, 0.3) is 0 Å². The van der Waals surface area contributed by atoms with Crippen molar-refractivity contribution in [3.05, 3.63) is 34.1 Å². The number of likely N-dealkylation sites (tertiary alicyclic amines) is 1. The first-order valence-electron chi connectivity index (χ1n) is 6.89. The Labute approximate surface area is 121 Å². The molecular formula is C14H17N3O2S. The molecule has 2 atom stereocenters. The highest BCUT2D eigenvalue weighted by Crippen LogP contribution is 2.43. The maximum Gasteiger partial charge on any atom is 0.236 e. The Morgan fingerprint density at radius 2 is 2.50 bits per heavy atom. The van der Waals surface area contributed by atoms with Crippen molar-refractivity contribution in [2.75, 3.05) is 26.3 Å². The Morgan fingerprint density at radius 1 is 1.55 bits per heavy atom. The summed E-state index contributed by atoms with van der Waals surface area (Å²) in [6, 6.07) is 4.30. The Morgan fingerprint density at radius 3 is 3.25 bits per heavy atom. The average Bonchev–Trinajstić information content (AvgIpc) is 3.12. The maximum absolute atomic E-state index is 5.71. The second-order valence-corrected chi connectivity index (χ2v) is 6.80. The summed E-state index contributed by atoms with van der Waals surface area (Å²) in [6.07, 6.45) is 0. The maximum atomic E-state index is 5.71. The van der Waals surface area contributed by atoms with E-state index in [4.69, 9.17) is 9.26 Å². The molecule has 0 aliphatic carbocycles. The zero-order valence-electron chi connectivity index (χ0n) is 11.4. The van der Waals surface area contributed by atoms with Crippen molar-refractivity contribution in [3.63, 3.8) is 0 Å². The molecule has 2 saturated heterocycles. The van der Waals surface area contributed by atoms with Crippen LogP contribution in [0.25, 0.3) is 0 Å². The van der Waals surface area contributed by atoms with E-state index in [2.05, 4.69) is 32.6 Å². The van der Waals surface area contributed by atoms with Crippen LogP contribution in [0.3, 0.4) is 0 Å². The highest BCUT2D eigenvalue weighted by molar-refractivity contribution is 7.09. The van der Waals surface area contributed by atoms with E-state index in [0.717, 1.165) is 32.1 Å². The summed E-state index contributed by atoms with van der Waals surface area (Å²) in [5.41, 5.74) is -0.0987. The van der Waals surface area contributed by atoms with Crippen LogP contribution in [0.2, 0.25) is 0 Å². The zero-order chi connectivity index (χ0) is 13.6. The number of aryl methyl sites for hydroxylation is 1. The van der Waals surface area contributed by atoms with Crippen molar-refractivity contribution in [2.24, 2.45) is 5.92 Å². The third kappa shape index (κ3) is 1.90. The normalized spacial score (nSPS) is 29.9. The van der Waals surface area contributed by atoms with Gasteiger partial charge >= 0.3 is 0 Å². The Kier molecular flexibility index (Phi) is 2.90. The minimum absolute atomic E-state index is 0.0987. The van der Waals surface area contributed by atoms with Crippen molar-refractivity contribution in [1.29, 1.82) is 0 Å². The van der Waals surface area contributed by atoms with Gasteiger partial charge in [-0.1, -0.05) is 11.2 Å². The van der Waals surface area contributed by atoms with E-state index in [1.165, 1.54) is 4.88 Å². The number of thiophene rings is 1. The van der Waals surface area contributed by atoms with Gasteiger partial charge in [0.2, 0.25) is 5.89 Å². The first kappa shape index (κ1) is 12.5. The van der Waals surface area contributed by atoms with Crippen molar-refractivity contribution in [2.45, 2.75) is 18.9 Å². The predicted octanol–water partition coefficient (Wildman–Crippen LogP) is 1.84. The summed E-state index contributed by atoms with van der Waals surface area (Å²) in [5, 5.41) is 6.09. The molecule has 2 fully saturated rings. The van der Waals surface area contributed by atoms with Crippen LogP contribution < -0.4 is 0 Å². The van der Waals surface area contributed by atoms with E-state index < -0.39 is 0 Å². The highest BCUT2D eigenvalue weighted by atomic mass is 32.1. The largest absolute Gasteiger partial charge is 0.380 e. The van der Waals surface area contributed by atoms with Gasteiger partial charge in [0, 0.05) is 30.4 Å². The van der Waals surface area contributed by atoms with Gasteiger partial charge in [-0.25, -0.2) is 0 Å². The number of nitrogens with zero attached hydrogens (tertiary/aromatic N) is 3. The summed E-state index contributed by atoms with van der Waals surface area (Å²) in [6.45, 7) is 6.34. The van der Waals surface area contributed by atoms with E-state index in [0.29, 0.717) is 18.3 Å². The minimum Gasteiger partial charge on any atom is -0.380 e. The summed E-state index contributed by atoms with van der Waals surface area (Å²) in [5.74, 6) is 1.92. The number of ether oxygens (including phenoxy) is 1. The molecule has 5 nitrogen and oxygen atoms in total. The van der Waals surface area contributed by atoms with E-state index in [-0.39, 0.29) is 5.41 Å². The summed E-state index contributed by atoms with van der Waals surface area (Å²) < 4.78 is 11.2. The van der Waals surface area contributed by atoms with Gasteiger partial charge in [0.15, 0.2) is 5.82 Å². The molecular weight excluding hydrogens is 274 g/mol. The van der Waals surface area contributed by atoms with E-state index in [9.17, 15) is 0 Å². The molecule has 20 heavy (non-hydrogen) atoms. The number of hydrogen-bond acceptors (Lipinski definition) is 6. The molecule has 106 valence electrons. The van der Waals surface area contributed by atoms with Crippen molar-refractivity contribution >= 4 is 11.3 Å². The zero-order valence-corrected chi connectivity index (χ0v) is 12.2. The molecule has 0 spiro atoms. The van der Waals surface area contributed by atoms with Crippen molar-refractivity contribution < 1.29 is 9.26 Å². The SMILES string of the molecule is Cc1noc([C@@]23COC[C@@H]2CN(Cc2cccs2)C3)n1. The van der Waals surface area contributed by atoms with Crippen molar-refractivity contribution in [3.8, 4) is 0 Å². The lowest BCUT2D eigenvalue weighted by molar-refractivity contribution is 0.138. The number of aromatic nitrogens is 2. The second kappa shape index (κ2) is 4.65. The molecule has 2 aromatic heterocycles. The highest BCUT2D eigenvalue weighted by Gasteiger charge is 2.55. The monoisotopic (exact) mass is 291 g/mol. The minimum atomic E-state index is -0.0987. The molecule has 4 heterocycles. The second-order valence-electron chi connectivity index (χ2n) is 5.76. The fraction of sp³-hybridized carbons (Fsp3) is 0.571. The van der Waals surface area contributed by atoms with Crippen LogP contribution in [0.5, 0.6) is 0 Å². The third-order valence-electron chi connectivity index (χ3n) is 4.36. The quantitative estimate of drug-likeness (QED) is 0.863. The van der Waals surface area contributed by atoms with Crippen LogP contribution in [-0.4, -0.2) is 41.3 Å². The van der Waals surface area contributed by atoms with E-state index in [1.807, 2.05) is 18.3 Å². The summed E-state index contributed by atoms with van der Waals surface area (Å²) >= 11 is 1.81. The van der Waals surface area contributed by atoms with Gasteiger partial charge in [0.1, 0.15) is 0 Å². The van der Waals surface area contributed by atoms with Crippen LogP contribution >= 0.6 is 11.3 Å². The van der Waals surface area contributed by atoms with Crippen LogP contribution in [0.4, 0.5) is 0 Å². The number of hydrogen-bond donors (Lipinski definition) is 0. The molecule has 0 bridgehead atoms. The molecule has 0 aromatic carbocycles. The summed E-state index contributed by atoms with van der Waals surface area (Å²) in [4.78, 5) is 8.37. The molecule has 0 unspecified atom stereocenters. The lowest BCUT2D eigenvalue weighted by atomic mass is 9.81. The number of fused-ring (bicyclic) bond motifs is 1. The standard InChI is InChI=1S/C14H17N3O2S/c1-10-15-13(19-16-10)14-8-17(5-11(14)7-18-9-14)6-12-3-2-4-20-12/h2-4,11H,5-9H2,1H3/t11-,14-/m0/s1. The molecule has 0 radical (unpaired) electrons. The lowest BCUT2D eigenvalue weighted by Crippen LogP contribution is -2.35. The molecule has 2 aliphatic heterocycles. The third-order valence-corrected chi connectivity index (χ3v) is 5.22. The van der Waals surface area contributed by atoms with Crippen LogP contribution in [0.1, 0.15) is 16.6 Å². The number of rotatable bonds is 3. The van der Waals surface area contributed by atoms with E-state index >= 15 is 0 Å². The Balaban J connectivity index is 1.59. The first-order chi connectivity index (χ1) is 9.76. The van der Waals surface area contributed by atoms with Gasteiger partial charge in [-0.05, 0) is 18.4 Å². The van der Waals surface area contributed by atoms with Gasteiger partial charge in [-0.2, -0.15) is 4.98 Å².